The van der Waals surface area contributed by atoms with Crippen molar-refractivity contribution in [2.75, 3.05) is 18.9 Å². The van der Waals surface area contributed by atoms with Crippen molar-refractivity contribution in [3.63, 3.8) is 0 Å². The van der Waals surface area contributed by atoms with Crippen molar-refractivity contribution in [1.82, 2.24) is 15.1 Å². The first-order valence-corrected chi connectivity index (χ1v) is 6.29. The number of hydrogen-bond acceptors (Lipinski definition) is 4. The van der Waals surface area contributed by atoms with E-state index in [9.17, 15) is 4.79 Å². The zero-order valence-electron chi connectivity index (χ0n) is 10.9. The first-order valence-electron chi connectivity index (χ1n) is 6.29. The van der Waals surface area contributed by atoms with Crippen molar-refractivity contribution < 1.29 is 9.53 Å². The largest absolute Gasteiger partial charge is 0.396 e. The van der Waals surface area contributed by atoms with Crippen LogP contribution in [0.1, 0.15) is 37.2 Å². The maximum Gasteiger partial charge on any atom is 0.271 e. The Morgan fingerprint density at radius 3 is 3.11 bits per heavy atom. The summed E-state index contributed by atoms with van der Waals surface area (Å²) in [7, 11) is 0. The molecule has 1 fully saturated rings. The van der Waals surface area contributed by atoms with E-state index in [1.165, 1.54) is 6.20 Å². The van der Waals surface area contributed by atoms with E-state index in [2.05, 4.69) is 10.4 Å². The number of nitrogens with two attached hydrogens (primary N) is 1. The Morgan fingerprint density at radius 2 is 2.50 bits per heavy atom. The summed E-state index contributed by atoms with van der Waals surface area (Å²) in [5.74, 6) is -0.191. The summed E-state index contributed by atoms with van der Waals surface area (Å²) in [6.07, 6.45) is 3.52. The van der Waals surface area contributed by atoms with Crippen molar-refractivity contribution >= 4 is 11.6 Å². The standard InChI is InChI=1S/C12H20N4O2/c1-3-16-10(9(13)7-15-16)11(17)14-8-12(2)5-4-6-18-12/h7H,3-6,8,13H2,1-2H3,(H,14,17). The lowest BCUT2D eigenvalue weighted by Crippen LogP contribution is -2.40. The van der Waals surface area contributed by atoms with Crippen LogP contribution in [-0.4, -0.2) is 34.4 Å². The Labute approximate surface area is 106 Å². The van der Waals surface area contributed by atoms with E-state index in [1.54, 1.807) is 4.68 Å². The van der Waals surface area contributed by atoms with E-state index in [4.69, 9.17) is 10.5 Å². The molecule has 0 bridgehead atoms. The van der Waals surface area contributed by atoms with Crippen LogP contribution in [0.5, 0.6) is 0 Å². The van der Waals surface area contributed by atoms with Crippen LogP contribution in [0.2, 0.25) is 0 Å². The Bertz CT molecular complexity index is 435. The molecule has 100 valence electrons. The minimum Gasteiger partial charge on any atom is -0.396 e. The smallest absolute Gasteiger partial charge is 0.271 e. The fraction of sp³-hybridized carbons (Fsp3) is 0.667. The van der Waals surface area contributed by atoms with Crippen LogP contribution in [0, 0.1) is 0 Å². The second-order valence-electron chi connectivity index (χ2n) is 4.85. The van der Waals surface area contributed by atoms with Crippen molar-refractivity contribution in [1.29, 1.82) is 0 Å². The molecule has 1 saturated heterocycles. The van der Waals surface area contributed by atoms with E-state index in [0.717, 1.165) is 19.4 Å². The van der Waals surface area contributed by atoms with Gasteiger partial charge in [0, 0.05) is 19.7 Å². The van der Waals surface area contributed by atoms with Crippen molar-refractivity contribution in [3.8, 4) is 0 Å². The lowest BCUT2D eigenvalue weighted by atomic mass is 10.0. The lowest BCUT2D eigenvalue weighted by Gasteiger charge is -2.23. The van der Waals surface area contributed by atoms with E-state index in [0.29, 0.717) is 24.5 Å². The molecular weight excluding hydrogens is 232 g/mol. The number of rotatable bonds is 4. The molecule has 1 aliphatic heterocycles. The predicted molar refractivity (Wildman–Crippen MR) is 68.2 cm³/mol. The molecule has 1 amide bonds. The van der Waals surface area contributed by atoms with Crippen molar-refractivity contribution in [3.05, 3.63) is 11.9 Å². The topological polar surface area (TPSA) is 82.2 Å². The second-order valence-corrected chi connectivity index (χ2v) is 4.85. The molecule has 6 heteroatoms. The molecule has 0 aromatic carbocycles. The number of nitrogen functional groups attached to an aromatic ring is 1. The molecule has 18 heavy (non-hydrogen) atoms. The minimum absolute atomic E-state index is 0.191. The number of nitrogens with one attached hydrogen (secondary N) is 1. The molecule has 1 atom stereocenters. The van der Waals surface area contributed by atoms with Gasteiger partial charge in [-0.3, -0.25) is 9.48 Å². The van der Waals surface area contributed by atoms with E-state index < -0.39 is 0 Å². The molecule has 1 unspecified atom stereocenters. The van der Waals surface area contributed by atoms with Gasteiger partial charge in [0.2, 0.25) is 0 Å². The average molecular weight is 252 g/mol. The van der Waals surface area contributed by atoms with Gasteiger partial charge >= 0.3 is 0 Å². The first kappa shape index (κ1) is 12.9. The Morgan fingerprint density at radius 1 is 1.72 bits per heavy atom. The third-order valence-corrected chi connectivity index (χ3v) is 3.31. The van der Waals surface area contributed by atoms with Crippen LogP contribution < -0.4 is 11.1 Å². The minimum atomic E-state index is -0.249. The Kier molecular flexibility index (Phi) is 3.56. The van der Waals surface area contributed by atoms with Gasteiger partial charge in [-0.15, -0.1) is 0 Å². The molecule has 1 aromatic rings. The second kappa shape index (κ2) is 4.97. The highest BCUT2D eigenvalue weighted by Crippen LogP contribution is 2.24. The summed E-state index contributed by atoms with van der Waals surface area (Å²) < 4.78 is 7.23. The Balaban J connectivity index is 2.01. The molecule has 1 aromatic heterocycles. The summed E-state index contributed by atoms with van der Waals surface area (Å²) >= 11 is 0. The summed E-state index contributed by atoms with van der Waals surface area (Å²) in [5.41, 5.74) is 6.35. The number of nitrogens with zero attached hydrogens (tertiary/aromatic N) is 2. The highest BCUT2D eigenvalue weighted by molar-refractivity contribution is 5.97. The third kappa shape index (κ3) is 2.48. The molecule has 6 nitrogen and oxygen atoms in total. The number of ether oxygens (including phenoxy) is 1. The highest BCUT2D eigenvalue weighted by Gasteiger charge is 2.30. The highest BCUT2D eigenvalue weighted by atomic mass is 16.5. The number of hydrogen-bond donors (Lipinski definition) is 2. The van der Waals surface area contributed by atoms with Gasteiger partial charge in [0.05, 0.1) is 17.5 Å². The van der Waals surface area contributed by atoms with Crippen LogP contribution in [0.25, 0.3) is 0 Å². The number of aromatic nitrogens is 2. The van der Waals surface area contributed by atoms with Gasteiger partial charge in [-0.25, -0.2) is 0 Å². The third-order valence-electron chi connectivity index (χ3n) is 3.31. The number of carbonyl (C=O) groups excluding carboxylic acids is 1. The van der Waals surface area contributed by atoms with Crippen LogP contribution in [0.4, 0.5) is 5.69 Å². The number of amides is 1. The molecule has 2 rings (SSSR count). The molecule has 0 aliphatic carbocycles. The Hall–Kier alpha value is -1.56. The summed E-state index contributed by atoms with van der Waals surface area (Å²) in [4.78, 5) is 12.1. The first-order chi connectivity index (χ1) is 8.56. The van der Waals surface area contributed by atoms with Gasteiger partial charge in [0.1, 0.15) is 5.69 Å². The molecule has 1 aliphatic rings. The van der Waals surface area contributed by atoms with Crippen LogP contribution in [0.3, 0.4) is 0 Å². The average Bonchev–Trinajstić information content (AvgIpc) is 2.93. The SMILES string of the molecule is CCn1ncc(N)c1C(=O)NCC1(C)CCCO1. The maximum absolute atomic E-state index is 12.1. The fourth-order valence-corrected chi connectivity index (χ4v) is 2.22. The van der Waals surface area contributed by atoms with Gasteiger partial charge in [-0.1, -0.05) is 0 Å². The summed E-state index contributed by atoms with van der Waals surface area (Å²) in [6, 6.07) is 0. The van der Waals surface area contributed by atoms with Gasteiger partial charge in [-0.2, -0.15) is 5.10 Å². The maximum atomic E-state index is 12.1. The van der Waals surface area contributed by atoms with Gasteiger partial charge in [-0.05, 0) is 26.7 Å². The van der Waals surface area contributed by atoms with E-state index in [-0.39, 0.29) is 11.5 Å². The van der Waals surface area contributed by atoms with Crippen LogP contribution in [0.15, 0.2) is 6.20 Å². The summed E-state index contributed by atoms with van der Waals surface area (Å²) in [5, 5.41) is 6.93. The van der Waals surface area contributed by atoms with Gasteiger partial charge in [0.15, 0.2) is 0 Å². The quantitative estimate of drug-likeness (QED) is 0.829. The number of anilines is 1. The number of carbonyl (C=O) groups is 1. The summed E-state index contributed by atoms with van der Waals surface area (Å²) in [6.45, 7) is 5.82. The van der Waals surface area contributed by atoms with Gasteiger partial charge in [0.25, 0.3) is 5.91 Å². The van der Waals surface area contributed by atoms with E-state index in [1.807, 2.05) is 13.8 Å². The zero-order chi connectivity index (χ0) is 13.2. The molecule has 0 saturated carbocycles. The van der Waals surface area contributed by atoms with E-state index >= 15 is 0 Å². The van der Waals surface area contributed by atoms with Crippen molar-refractivity contribution in [2.24, 2.45) is 0 Å². The molecular formula is C12H20N4O2. The predicted octanol–water partition coefficient (Wildman–Crippen LogP) is 0.784. The molecule has 0 radical (unpaired) electrons. The molecule has 3 N–H and O–H groups in total. The van der Waals surface area contributed by atoms with Crippen LogP contribution in [-0.2, 0) is 11.3 Å². The van der Waals surface area contributed by atoms with Gasteiger partial charge < -0.3 is 15.8 Å². The molecule has 2 heterocycles. The monoisotopic (exact) mass is 252 g/mol. The molecule has 0 spiro atoms. The fourth-order valence-electron chi connectivity index (χ4n) is 2.22. The van der Waals surface area contributed by atoms with Crippen molar-refractivity contribution in [2.45, 2.75) is 38.8 Å². The zero-order valence-corrected chi connectivity index (χ0v) is 10.9. The van der Waals surface area contributed by atoms with Crippen LogP contribution >= 0.6 is 0 Å². The normalized spacial score (nSPS) is 23.2. The number of aryl methyl sites for hydroxylation is 1. The lowest BCUT2D eigenvalue weighted by molar-refractivity contribution is 0.0205.